The van der Waals surface area contributed by atoms with Gasteiger partial charge < -0.3 is 10.5 Å². The first-order valence-electron chi connectivity index (χ1n) is 11.0. The molecule has 2 fully saturated rings. The molecule has 1 saturated carbocycles. The Morgan fingerprint density at radius 2 is 2.11 bits per heavy atom. The lowest BCUT2D eigenvalue weighted by molar-refractivity contribution is -0.150. The van der Waals surface area contributed by atoms with E-state index < -0.39 is 0 Å². The normalized spacial score (nSPS) is 39.2. The number of ketones is 1. The van der Waals surface area contributed by atoms with E-state index in [2.05, 4.69) is 13.8 Å². The highest BCUT2D eigenvalue weighted by Gasteiger charge is 2.46. The molecule has 0 aromatic carbocycles. The van der Waals surface area contributed by atoms with Gasteiger partial charge in [-0.25, -0.2) is 0 Å². The molecule has 150 valence electrons. The van der Waals surface area contributed by atoms with Crippen LogP contribution >= 0.6 is 0 Å². The van der Waals surface area contributed by atoms with Crippen LogP contribution in [0.5, 0.6) is 0 Å². The summed E-state index contributed by atoms with van der Waals surface area (Å²) in [5.41, 5.74) is 7.86. The number of nitrogens with two attached hydrogens (primary N) is 1. The minimum atomic E-state index is -0.0763. The van der Waals surface area contributed by atoms with Crippen molar-refractivity contribution < 1.29 is 14.3 Å². The summed E-state index contributed by atoms with van der Waals surface area (Å²) in [6.45, 7) is 6.52. The lowest BCUT2D eigenvalue weighted by Crippen LogP contribution is -2.36. The Balaban J connectivity index is 1.73. The molecule has 27 heavy (non-hydrogen) atoms. The third-order valence-electron chi connectivity index (χ3n) is 7.85. The lowest BCUT2D eigenvalue weighted by Gasteiger charge is -2.42. The highest BCUT2D eigenvalue weighted by atomic mass is 16.5. The van der Waals surface area contributed by atoms with Crippen LogP contribution in [-0.4, -0.2) is 31.2 Å². The first-order chi connectivity index (χ1) is 12.8. The molecule has 2 aliphatic carbocycles. The molecule has 1 heterocycles. The fraction of sp³-hybridized carbons (Fsp3) is 0.818. The van der Waals surface area contributed by atoms with E-state index >= 15 is 0 Å². The second-order valence-corrected chi connectivity index (χ2v) is 9.70. The van der Waals surface area contributed by atoms with Crippen LogP contribution in [0.2, 0.25) is 11.6 Å². The van der Waals surface area contributed by atoms with Gasteiger partial charge in [0.1, 0.15) is 7.28 Å². The van der Waals surface area contributed by atoms with Crippen molar-refractivity contribution in [1.29, 1.82) is 0 Å². The van der Waals surface area contributed by atoms with Crippen LogP contribution in [0, 0.1) is 11.3 Å². The quantitative estimate of drug-likeness (QED) is 0.585. The van der Waals surface area contributed by atoms with Gasteiger partial charge >= 0.3 is 5.97 Å². The van der Waals surface area contributed by atoms with Crippen LogP contribution in [0.3, 0.4) is 0 Å². The topological polar surface area (TPSA) is 69.4 Å². The van der Waals surface area contributed by atoms with E-state index in [-0.39, 0.29) is 34.6 Å². The van der Waals surface area contributed by atoms with E-state index in [0.29, 0.717) is 18.8 Å². The summed E-state index contributed by atoms with van der Waals surface area (Å²) in [6.07, 6.45) is 11.4. The van der Waals surface area contributed by atoms with Gasteiger partial charge in [-0.2, -0.15) is 0 Å². The fourth-order valence-electron chi connectivity index (χ4n) is 5.75. The number of carbonyl (C=O) groups is 2. The molecule has 2 N–H and O–H groups in total. The van der Waals surface area contributed by atoms with Crippen LogP contribution in [0.15, 0.2) is 11.6 Å². The molecule has 0 amide bonds. The van der Waals surface area contributed by atoms with Gasteiger partial charge in [0.15, 0.2) is 5.78 Å². The van der Waals surface area contributed by atoms with E-state index in [0.717, 1.165) is 58.5 Å². The Morgan fingerprint density at radius 3 is 2.85 bits per heavy atom. The number of hydrogen-bond donors (Lipinski definition) is 1. The molecule has 0 aromatic heterocycles. The second kappa shape index (κ2) is 8.10. The monoisotopic (exact) mass is 373 g/mol. The van der Waals surface area contributed by atoms with Crippen LogP contribution in [0.1, 0.15) is 78.6 Å². The van der Waals surface area contributed by atoms with Gasteiger partial charge in [-0.05, 0) is 61.2 Å². The SMILES string of the molecule is CCC(=O)O[C@H]1CCB[C@]1(C)CCC1C[C@@H](N)CCC2=CC(=O)CC[C@@]21C. The molecule has 1 unspecified atom stereocenters. The number of allylic oxidation sites excluding steroid dienone is 2. The molecular formula is C22H36BNO3. The maximum atomic E-state index is 12.0. The summed E-state index contributed by atoms with van der Waals surface area (Å²) >= 11 is 0. The fourth-order valence-corrected chi connectivity index (χ4v) is 5.75. The molecule has 0 aromatic rings. The zero-order valence-corrected chi connectivity index (χ0v) is 17.4. The summed E-state index contributed by atoms with van der Waals surface area (Å²) in [5.74, 6) is 0.716. The zero-order chi connectivity index (χ0) is 19.7. The highest BCUT2D eigenvalue weighted by Crippen LogP contribution is 2.53. The zero-order valence-electron chi connectivity index (χ0n) is 17.4. The van der Waals surface area contributed by atoms with E-state index in [1.54, 1.807) is 0 Å². The first kappa shape index (κ1) is 20.6. The lowest BCUT2D eigenvalue weighted by atomic mass is 9.52. The smallest absolute Gasteiger partial charge is 0.305 e. The largest absolute Gasteiger partial charge is 0.463 e. The predicted molar refractivity (Wildman–Crippen MR) is 110 cm³/mol. The molecular weight excluding hydrogens is 337 g/mol. The van der Waals surface area contributed by atoms with E-state index in [4.69, 9.17) is 10.5 Å². The maximum absolute atomic E-state index is 12.0. The van der Waals surface area contributed by atoms with Crippen molar-refractivity contribution in [3.8, 4) is 0 Å². The Bertz CT molecular complexity index is 619. The Kier molecular flexibility index (Phi) is 6.19. The molecule has 1 saturated heterocycles. The third kappa shape index (κ3) is 4.33. The minimum absolute atomic E-state index is 0.0557. The molecule has 0 bridgehead atoms. The molecule has 0 spiro atoms. The molecule has 0 radical (unpaired) electrons. The highest BCUT2D eigenvalue weighted by molar-refractivity contribution is 6.41. The summed E-state index contributed by atoms with van der Waals surface area (Å²) in [6, 6.07) is 0.221. The number of esters is 1. The minimum Gasteiger partial charge on any atom is -0.463 e. The number of rotatable bonds is 5. The van der Waals surface area contributed by atoms with E-state index in [1.165, 1.54) is 5.57 Å². The Morgan fingerprint density at radius 1 is 1.33 bits per heavy atom. The van der Waals surface area contributed by atoms with Gasteiger partial charge in [-0.3, -0.25) is 9.59 Å². The number of carbonyl (C=O) groups excluding carboxylic acids is 2. The van der Waals surface area contributed by atoms with Crippen LogP contribution < -0.4 is 5.73 Å². The van der Waals surface area contributed by atoms with Gasteiger partial charge in [0.2, 0.25) is 0 Å². The average molecular weight is 373 g/mol. The number of hydrogen-bond acceptors (Lipinski definition) is 4. The average Bonchev–Trinajstić information content (AvgIpc) is 2.93. The van der Waals surface area contributed by atoms with E-state index in [1.807, 2.05) is 13.0 Å². The molecule has 3 aliphatic rings. The Labute approximate surface area is 164 Å². The van der Waals surface area contributed by atoms with Gasteiger partial charge in [0, 0.05) is 18.9 Å². The molecule has 4 nitrogen and oxygen atoms in total. The van der Waals surface area contributed by atoms with Crippen molar-refractivity contribution in [3.05, 3.63) is 11.6 Å². The van der Waals surface area contributed by atoms with Gasteiger partial charge in [-0.1, -0.05) is 39.1 Å². The van der Waals surface area contributed by atoms with Crippen molar-refractivity contribution in [2.75, 3.05) is 0 Å². The number of fused-ring (bicyclic) bond motifs is 1. The van der Waals surface area contributed by atoms with Crippen molar-refractivity contribution in [1.82, 2.24) is 0 Å². The van der Waals surface area contributed by atoms with Crippen LogP contribution in [0.4, 0.5) is 0 Å². The third-order valence-corrected chi connectivity index (χ3v) is 7.85. The van der Waals surface area contributed by atoms with Crippen LogP contribution in [0.25, 0.3) is 0 Å². The molecule has 3 rings (SSSR count). The summed E-state index contributed by atoms with van der Waals surface area (Å²) in [4.78, 5) is 23.8. The summed E-state index contributed by atoms with van der Waals surface area (Å²) in [5, 5.41) is 0.0754. The van der Waals surface area contributed by atoms with Gasteiger partial charge in [0.25, 0.3) is 0 Å². The van der Waals surface area contributed by atoms with Crippen LogP contribution in [-0.2, 0) is 14.3 Å². The van der Waals surface area contributed by atoms with Gasteiger partial charge in [0.05, 0.1) is 6.10 Å². The summed E-state index contributed by atoms with van der Waals surface area (Å²) in [7, 11) is 1.13. The van der Waals surface area contributed by atoms with Crippen molar-refractivity contribution in [2.45, 2.75) is 102 Å². The van der Waals surface area contributed by atoms with Crippen molar-refractivity contribution in [2.24, 2.45) is 17.1 Å². The molecule has 1 aliphatic heterocycles. The standard InChI is InChI=1S/C22H36BNO3/c1-4-20(26)27-19-9-12-23-22(19,3)11-7-16-13-17(24)6-5-15-14-18(25)8-10-21(15,16)2/h14,16-17,19,23H,4-13,24H2,1-3H3/t16?,17-,19-,21-,22+/m0/s1. The first-order valence-corrected chi connectivity index (χ1v) is 11.0. The number of ether oxygens (including phenoxy) is 1. The molecule has 5 atom stereocenters. The maximum Gasteiger partial charge on any atom is 0.305 e. The summed E-state index contributed by atoms with van der Waals surface area (Å²) < 4.78 is 5.79. The second-order valence-electron chi connectivity index (χ2n) is 9.70. The van der Waals surface area contributed by atoms with Crippen molar-refractivity contribution >= 4 is 19.0 Å². The Hall–Kier alpha value is -1.10. The molecule has 5 heteroatoms. The van der Waals surface area contributed by atoms with Gasteiger partial charge in [-0.15, -0.1) is 0 Å². The van der Waals surface area contributed by atoms with E-state index in [9.17, 15) is 9.59 Å². The predicted octanol–water partition coefficient (Wildman–Crippen LogP) is 3.95. The van der Waals surface area contributed by atoms with Crippen molar-refractivity contribution in [3.63, 3.8) is 0 Å².